The van der Waals surface area contributed by atoms with E-state index in [0.717, 1.165) is 11.8 Å². The first-order valence-corrected chi connectivity index (χ1v) is 7.25. The van der Waals surface area contributed by atoms with Crippen LogP contribution in [0.2, 0.25) is 0 Å². The summed E-state index contributed by atoms with van der Waals surface area (Å²) >= 11 is 0. The molecular weight excluding hydrogens is 196 g/mol. The number of nitrogens with zero attached hydrogens (tertiary/aromatic N) is 1. The van der Waals surface area contributed by atoms with Crippen LogP contribution in [-0.4, -0.2) is 30.1 Å². The Morgan fingerprint density at radius 2 is 1.44 bits per heavy atom. The van der Waals surface area contributed by atoms with Crippen LogP contribution >= 0.6 is 0 Å². The first-order valence-electron chi connectivity index (χ1n) is 7.25. The van der Waals surface area contributed by atoms with Gasteiger partial charge in [0.25, 0.3) is 0 Å². The Bertz CT molecular complexity index is 223. The molecule has 3 aliphatic carbocycles. The molecule has 0 aromatic rings. The predicted molar refractivity (Wildman–Crippen MR) is 67.3 cm³/mol. The normalized spacial score (nSPS) is 28.9. The summed E-state index contributed by atoms with van der Waals surface area (Å²) in [5.74, 6) is 2.03. The molecule has 0 aliphatic heterocycles. The average Bonchev–Trinajstić information content (AvgIpc) is 3.12. The van der Waals surface area contributed by atoms with Crippen LogP contribution in [0.4, 0.5) is 0 Å². The topological polar surface area (TPSA) is 29.3 Å². The third-order valence-electron chi connectivity index (χ3n) is 4.56. The maximum atomic E-state index is 6.51. The zero-order valence-electron chi connectivity index (χ0n) is 10.5. The van der Waals surface area contributed by atoms with Crippen molar-refractivity contribution >= 4 is 0 Å². The highest BCUT2D eigenvalue weighted by Gasteiger charge is 2.35. The largest absolute Gasteiger partial charge is 0.324 e. The molecule has 0 saturated heterocycles. The lowest BCUT2D eigenvalue weighted by Crippen LogP contribution is -2.49. The molecule has 0 radical (unpaired) electrons. The fraction of sp³-hybridized carbons (Fsp3) is 1.00. The van der Waals surface area contributed by atoms with Crippen molar-refractivity contribution in [3.63, 3.8) is 0 Å². The van der Waals surface area contributed by atoms with Crippen LogP contribution in [0, 0.1) is 11.8 Å². The van der Waals surface area contributed by atoms with Gasteiger partial charge in [0.1, 0.15) is 0 Å². The summed E-state index contributed by atoms with van der Waals surface area (Å²) in [5, 5.41) is 0. The van der Waals surface area contributed by atoms with Gasteiger partial charge in [-0.25, -0.2) is 0 Å². The van der Waals surface area contributed by atoms with Crippen molar-refractivity contribution in [3.8, 4) is 0 Å². The van der Waals surface area contributed by atoms with Crippen molar-refractivity contribution in [3.05, 3.63) is 0 Å². The Morgan fingerprint density at radius 3 is 1.88 bits per heavy atom. The SMILES string of the molecule is NC1(CN(CC2CC2)CC2CC2)CCCC1. The molecule has 0 unspecified atom stereocenters. The highest BCUT2D eigenvalue weighted by Crippen LogP contribution is 2.35. The van der Waals surface area contributed by atoms with Gasteiger partial charge in [0.15, 0.2) is 0 Å². The average molecular weight is 222 g/mol. The van der Waals surface area contributed by atoms with E-state index in [9.17, 15) is 0 Å². The van der Waals surface area contributed by atoms with Crippen molar-refractivity contribution in [2.75, 3.05) is 19.6 Å². The lowest BCUT2D eigenvalue weighted by molar-refractivity contribution is 0.194. The molecule has 0 atom stereocenters. The van der Waals surface area contributed by atoms with E-state index in [4.69, 9.17) is 5.73 Å². The fourth-order valence-electron chi connectivity index (χ4n) is 3.22. The minimum Gasteiger partial charge on any atom is -0.324 e. The van der Waals surface area contributed by atoms with Gasteiger partial charge in [-0.05, 0) is 50.4 Å². The molecule has 2 N–H and O–H groups in total. The standard InChI is InChI=1S/C14H26N2/c15-14(7-1-2-8-14)11-16(9-12-3-4-12)10-13-5-6-13/h12-13H,1-11,15H2. The van der Waals surface area contributed by atoms with E-state index < -0.39 is 0 Å². The predicted octanol–water partition coefficient (Wildman–Crippen LogP) is 2.38. The Labute approximate surface area is 99.6 Å². The molecule has 3 fully saturated rings. The third kappa shape index (κ3) is 2.98. The highest BCUT2D eigenvalue weighted by molar-refractivity contribution is 4.94. The van der Waals surface area contributed by atoms with Crippen molar-refractivity contribution in [2.45, 2.75) is 56.9 Å². The quantitative estimate of drug-likeness (QED) is 0.747. The molecule has 0 aromatic carbocycles. The molecule has 92 valence electrons. The molecule has 2 heteroatoms. The van der Waals surface area contributed by atoms with E-state index in [2.05, 4.69) is 4.90 Å². The molecular formula is C14H26N2. The smallest absolute Gasteiger partial charge is 0.0283 e. The van der Waals surface area contributed by atoms with E-state index >= 15 is 0 Å². The molecule has 0 spiro atoms. The summed E-state index contributed by atoms with van der Waals surface area (Å²) in [6.45, 7) is 3.87. The maximum Gasteiger partial charge on any atom is 0.0283 e. The monoisotopic (exact) mass is 222 g/mol. The van der Waals surface area contributed by atoms with Crippen LogP contribution in [0.1, 0.15) is 51.4 Å². The highest BCUT2D eigenvalue weighted by atomic mass is 15.2. The van der Waals surface area contributed by atoms with Gasteiger partial charge in [0.2, 0.25) is 0 Å². The molecule has 3 saturated carbocycles. The Kier molecular flexibility index (Phi) is 2.97. The summed E-state index contributed by atoms with van der Waals surface area (Å²) in [4.78, 5) is 2.71. The van der Waals surface area contributed by atoms with Gasteiger partial charge in [-0.1, -0.05) is 12.8 Å². The van der Waals surface area contributed by atoms with Crippen molar-refractivity contribution in [2.24, 2.45) is 17.6 Å². The zero-order chi connectivity index (χ0) is 11.0. The van der Waals surface area contributed by atoms with Crippen LogP contribution in [0.25, 0.3) is 0 Å². The van der Waals surface area contributed by atoms with Gasteiger partial charge in [0, 0.05) is 25.2 Å². The van der Waals surface area contributed by atoms with E-state index in [1.807, 2.05) is 0 Å². The van der Waals surface area contributed by atoms with Crippen LogP contribution < -0.4 is 5.73 Å². The van der Waals surface area contributed by atoms with Gasteiger partial charge in [-0.15, -0.1) is 0 Å². The second kappa shape index (κ2) is 4.30. The minimum atomic E-state index is 0.170. The Balaban J connectivity index is 1.52. The molecule has 2 nitrogen and oxygen atoms in total. The number of hydrogen-bond donors (Lipinski definition) is 1. The molecule has 0 aromatic heterocycles. The summed E-state index contributed by atoms with van der Waals surface area (Å²) in [5.41, 5.74) is 6.68. The molecule has 0 heterocycles. The Hall–Kier alpha value is -0.0800. The lowest BCUT2D eigenvalue weighted by Gasteiger charge is -2.32. The molecule has 0 bridgehead atoms. The van der Waals surface area contributed by atoms with E-state index in [0.29, 0.717) is 0 Å². The molecule has 3 rings (SSSR count). The van der Waals surface area contributed by atoms with Crippen molar-refractivity contribution in [1.29, 1.82) is 0 Å². The summed E-state index contributed by atoms with van der Waals surface area (Å²) in [7, 11) is 0. The van der Waals surface area contributed by atoms with Gasteiger partial charge >= 0.3 is 0 Å². The van der Waals surface area contributed by atoms with E-state index in [1.54, 1.807) is 0 Å². The second-order valence-electron chi connectivity index (χ2n) is 6.65. The number of rotatable bonds is 6. The minimum absolute atomic E-state index is 0.170. The number of nitrogens with two attached hydrogens (primary N) is 1. The van der Waals surface area contributed by atoms with Crippen LogP contribution in [-0.2, 0) is 0 Å². The van der Waals surface area contributed by atoms with E-state index in [-0.39, 0.29) is 5.54 Å². The van der Waals surface area contributed by atoms with Gasteiger partial charge in [-0.2, -0.15) is 0 Å². The molecule has 0 amide bonds. The molecule has 3 aliphatic rings. The van der Waals surface area contributed by atoms with Gasteiger partial charge < -0.3 is 10.6 Å². The van der Waals surface area contributed by atoms with Gasteiger partial charge in [-0.3, -0.25) is 0 Å². The van der Waals surface area contributed by atoms with Crippen molar-refractivity contribution < 1.29 is 0 Å². The third-order valence-corrected chi connectivity index (χ3v) is 4.56. The van der Waals surface area contributed by atoms with E-state index in [1.165, 1.54) is 71.0 Å². The maximum absolute atomic E-state index is 6.51. The first kappa shape index (κ1) is 11.0. The fourth-order valence-corrected chi connectivity index (χ4v) is 3.22. The van der Waals surface area contributed by atoms with Crippen LogP contribution in [0.5, 0.6) is 0 Å². The summed E-state index contributed by atoms with van der Waals surface area (Å²) in [6.07, 6.45) is 11.1. The lowest BCUT2D eigenvalue weighted by atomic mass is 9.98. The number of hydrogen-bond acceptors (Lipinski definition) is 2. The zero-order valence-corrected chi connectivity index (χ0v) is 10.5. The Morgan fingerprint density at radius 1 is 0.938 bits per heavy atom. The summed E-state index contributed by atoms with van der Waals surface area (Å²) < 4.78 is 0. The molecule has 16 heavy (non-hydrogen) atoms. The van der Waals surface area contributed by atoms with Gasteiger partial charge in [0.05, 0.1) is 0 Å². The van der Waals surface area contributed by atoms with Crippen molar-refractivity contribution in [1.82, 2.24) is 4.90 Å². The van der Waals surface area contributed by atoms with Crippen LogP contribution in [0.15, 0.2) is 0 Å². The second-order valence-corrected chi connectivity index (χ2v) is 6.65. The first-order chi connectivity index (χ1) is 7.73. The van der Waals surface area contributed by atoms with Crippen LogP contribution in [0.3, 0.4) is 0 Å². The summed E-state index contributed by atoms with van der Waals surface area (Å²) in [6, 6.07) is 0.